The summed E-state index contributed by atoms with van der Waals surface area (Å²) in [5, 5.41) is 9.20. The van der Waals surface area contributed by atoms with Gasteiger partial charge >= 0.3 is 11.9 Å². The number of carboxylic acids is 1. The van der Waals surface area contributed by atoms with Gasteiger partial charge in [0.25, 0.3) is 0 Å². The molecule has 0 saturated carbocycles. The maximum atomic E-state index is 11.9. The Morgan fingerprint density at radius 1 is 1.20 bits per heavy atom. The van der Waals surface area contributed by atoms with Crippen molar-refractivity contribution >= 4 is 23.6 Å². The highest BCUT2D eigenvalue weighted by molar-refractivity contribution is 6.23. The van der Waals surface area contributed by atoms with Gasteiger partial charge < -0.3 is 14.3 Å². The summed E-state index contributed by atoms with van der Waals surface area (Å²) >= 11 is 0. The van der Waals surface area contributed by atoms with E-state index < -0.39 is 11.9 Å². The van der Waals surface area contributed by atoms with Crippen LogP contribution in [0.1, 0.15) is 21.5 Å². The smallest absolute Gasteiger partial charge is 0.338 e. The molecule has 0 unspecified atom stereocenters. The second-order valence-corrected chi connectivity index (χ2v) is 3.96. The predicted octanol–water partition coefficient (Wildman–Crippen LogP) is 2.69. The Labute approximate surface area is 115 Å². The highest BCUT2D eigenvalue weighted by Crippen LogP contribution is 2.23. The number of benzene rings is 1. The fraction of sp³-hybridized carbons (Fsp3) is 0.0667. The molecule has 102 valence electrons. The van der Waals surface area contributed by atoms with Gasteiger partial charge in [-0.3, -0.25) is 0 Å². The van der Waals surface area contributed by atoms with Crippen LogP contribution in [0.25, 0.3) is 11.6 Å². The molecule has 2 aromatic rings. The number of aromatic carboxylic acids is 1. The second kappa shape index (κ2) is 5.88. The average Bonchev–Trinajstić information content (AvgIpc) is 2.97. The summed E-state index contributed by atoms with van der Waals surface area (Å²) in [5.41, 5.74) is 1.14. The minimum atomic E-state index is -1.11. The van der Waals surface area contributed by atoms with E-state index in [0.29, 0.717) is 11.1 Å². The Balaban J connectivity index is 2.59. The van der Waals surface area contributed by atoms with Crippen LogP contribution in [0.4, 0.5) is 0 Å². The van der Waals surface area contributed by atoms with Gasteiger partial charge in [-0.1, -0.05) is 18.2 Å². The molecule has 0 atom stereocenters. The third-order valence-corrected chi connectivity index (χ3v) is 2.71. The van der Waals surface area contributed by atoms with Gasteiger partial charge in [-0.2, -0.15) is 0 Å². The van der Waals surface area contributed by atoms with Crippen LogP contribution >= 0.6 is 0 Å². The molecule has 0 amide bonds. The van der Waals surface area contributed by atoms with Gasteiger partial charge in [-0.25, -0.2) is 9.59 Å². The monoisotopic (exact) mass is 272 g/mol. The van der Waals surface area contributed by atoms with Gasteiger partial charge in [0.15, 0.2) is 0 Å². The van der Waals surface area contributed by atoms with Crippen molar-refractivity contribution in [2.24, 2.45) is 0 Å². The molecule has 0 saturated heterocycles. The number of hydrogen-bond acceptors (Lipinski definition) is 4. The zero-order valence-electron chi connectivity index (χ0n) is 10.7. The van der Waals surface area contributed by atoms with E-state index in [2.05, 4.69) is 0 Å². The standard InChI is InChI=1S/C15H12O5/c1-19-15(18)13(8-10-6-7-20-9-10)11-4-2-3-5-12(11)14(16)17/h2-9H,1H3,(H,16,17)/b13-8+. The van der Waals surface area contributed by atoms with Crippen molar-refractivity contribution in [2.75, 3.05) is 7.11 Å². The molecule has 20 heavy (non-hydrogen) atoms. The Morgan fingerprint density at radius 2 is 1.90 bits per heavy atom. The quantitative estimate of drug-likeness (QED) is 0.684. The van der Waals surface area contributed by atoms with Crippen molar-refractivity contribution in [1.82, 2.24) is 0 Å². The number of rotatable bonds is 4. The summed E-state index contributed by atoms with van der Waals surface area (Å²) in [7, 11) is 1.24. The van der Waals surface area contributed by atoms with E-state index >= 15 is 0 Å². The van der Waals surface area contributed by atoms with Crippen LogP contribution in [0, 0.1) is 0 Å². The second-order valence-electron chi connectivity index (χ2n) is 3.96. The first kappa shape index (κ1) is 13.6. The molecule has 0 aliphatic heterocycles. The Hall–Kier alpha value is -2.82. The van der Waals surface area contributed by atoms with E-state index in [4.69, 9.17) is 9.15 Å². The van der Waals surface area contributed by atoms with Crippen LogP contribution < -0.4 is 0 Å². The molecule has 0 radical (unpaired) electrons. The van der Waals surface area contributed by atoms with E-state index in [1.165, 1.54) is 31.8 Å². The molecule has 1 aromatic heterocycles. The lowest BCUT2D eigenvalue weighted by molar-refractivity contribution is -0.133. The van der Waals surface area contributed by atoms with Crippen molar-refractivity contribution in [3.63, 3.8) is 0 Å². The van der Waals surface area contributed by atoms with Crippen LogP contribution in [0.3, 0.4) is 0 Å². The van der Waals surface area contributed by atoms with Crippen molar-refractivity contribution in [1.29, 1.82) is 0 Å². The third kappa shape index (κ3) is 2.77. The molecule has 1 heterocycles. The van der Waals surface area contributed by atoms with Gasteiger partial charge in [-0.05, 0) is 18.2 Å². The normalized spacial score (nSPS) is 11.2. The Morgan fingerprint density at radius 3 is 2.45 bits per heavy atom. The van der Waals surface area contributed by atoms with Gasteiger partial charge in [0.1, 0.15) is 0 Å². The number of hydrogen-bond donors (Lipinski definition) is 1. The molecule has 1 aromatic carbocycles. The van der Waals surface area contributed by atoms with Crippen molar-refractivity contribution < 1.29 is 23.8 Å². The summed E-state index contributed by atoms with van der Waals surface area (Å²) in [6, 6.07) is 7.91. The fourth-order valence-corrected chi connectivity index (χ4v) is 1.78. The van der Waals surface area contributed by atoms with Crippen molar-refractivity contribution in [2.45, 2.75) is 0 Å². The predicted molar refractivity (Wildman–Crippen MR) is 72.0 cm³/mol. The minimum Gasteiger partial charge on any atom is -0.478 e. The van der Waals surface area contributed by atoms with Crippen LogP contribution in [-0.2, 0) is 9.53 Å². The van der Waals surface area contributed by atoms with Crippen molar-refractivity contribution in [3.8, 4) is 0 Å². The molecule has 0 spiro atoms. The van der Waals surface area contributed by atoms with Gasteiger partial charge in [0.2, 0.25) is 0 Å². The zero-order valence-corrected chi connectivity index (χ0v) is 10.7. The van der Waals surface area contributed by atoms with E-state index in [0.717, 1.165) is 0 Å². The molecule has 0 aliphatic rings. The largest absolute Gasteiger partial charge is 0.478 e. The first-order valence-corrected chi connectivity index (χ1v) is 5.78. The first-order valence-electron chi connectivity index (χ1n) is 5.78. The molecule has 1 N–H and O–H groups in total. The highest BCUT2D eigenvalue weighted by Gasteiger charge is 2.19. The number of esters is 1. The summed E-state index contributed by atoms with van der Waals surface area (Å²) in [6.45, 7) is 0. The average molecular weight is 272 g/mol. The molecular formula is C15H12O5. The van der Waals surface area contributed by atoms with Crippen LogP contribution in [0.5, 0.6) is 0 Å². The number of carbonyl (C=O) groups excluding carboxylic acids is 1. The Bertz CT molecular complexity index is 653. The Kier molecular flexibility index (Phi) is 4.00. The molecule has 5 nitrogen and oxygen atoms in total. The van der Waals surface area contributed by atoms with Gasteiger partial charge in [0.05, 0.1) is 30.8 Å². The number of methoxy groups -OCH3 is 1. The SMILES string of the molecule is COC(=O)/C(=C/c1ccoc1)c1ccccc1C(=O)O. The number of carbonyl (C=O) groups is 2. The van der Waals surface area contributed by atoms with Gasteiger partial charge in [-0.15, -0.1) is 0 Å². The van der Waals surface area contributed by atoms with E-state index in [-0.39, 0.29) is 11.1 Å². The molecule has 0 bridgehead atoms. The summed E-state index contributed by atoms with van der Waals surface area (Å²) in [4.78, 5) is 23.1. The van der Waals surface area contributed by atoms with Crippen LogP contribution in [0.2, 0.25) is 0 Å². The lowest BCUT2D eigenvalue weighted by atomic mass is 9.98. The topological polar surface area (TPSA) is 76.7 Å². The lowest BCUT2D eigenvalue weighted by Crippen LogP contribution is -2.09. The maximum absolute atomic E-state index is 11.9. The van der Waals surface area contributed by atoms with Gasteiger partial charge in [0, 0.05) is 11.1 Å². The third-order valence-electron chi connectivity index (χ3n) is 2.71. The van der Waals surface area contributed by atoms with E-state index in [9.17, 15) is 14.7 Å². The number of furan rings is 1. The fourth-order valence-electron chi connectivity index (χ4n) is 1.78. The summed E-state index contributed by atoms with van der Waals surface area (Å²) in [6.07, 6.45) is 4.44. The molecule has 0 fully saturated rings. The van der Waals surface area contributed by atoms with Crippen molar-refractivity contribution in [3.05, 3.63) is 59.5 Å². The highest BCUT2D eigenvalue weighted by atomic mass is 16.5. The zero-order chi connectivity index (χ0) is 14.5. The minimum absolute atomic E-state index is 0.0349. The van der Waals surface area contributed by atoms with E-state index in [1.54, 1.807) is 24.3 Å². The van der Waals surface area contributed by atoms with Crippen LogP contribution in [-0.4, -0.2) is 24.2 Å². The van der Waals surface area contributed by atoms with E-state index in [1.807, 2.05) is 0 Å². The van der Waals surface area contributed by atoms with Crippen LogP contribution in [0.15, 0.2) is 47.3 Å². The number of ether oxygens (including phenoxy) is 1. The lowest BCUT2D eigenvalue weighted by Gasteiger charge is -2.08. The maximum Gasteiger partial charge on any atom is 0.338 e. The first-order chi connectivity index (χ1) is 9.63. The summed E-state index contributed by atoms with van der Waals surface area (Å²) in [5.74, 6) is -1.72. The summed E-state index contributed by atoms with van der Waals surface area (Å²) < 4.78 is 9.65. The molecule has 5 heteroatoms. The molecule has 0 aliphatic carbocycles. The molecule has 2 rings (SSSR count). The number of carboxylic acid groups (broad SMARTS) is 1. The molecular weight excluding hydrogens is 260 g/mol.